The van der Waals surface area contributed by atoms with Crippen molar-refractivity contribution in [1.82, 2.24) is 4.98 Å². The molecule has 0 saturated heterocycles. The summed E-state index contributed by atoms with van der Waals surface area (Å²) in [6.45, 7) is 2.23. The van der Waals surface area contributed by atoms with Gasteiger partial charge in [-0.2, -0.15) is 0 Å². The molecule has 94 valence electrons. The van der Waals surface area contributed by atoms with Gasteiger partial charge in [0.05, 0.1) is 12.8 Å². The maximum Gasteiger partial charge on any atom is 0.213 e. The second-order valence-corrected chi connectivity index (χ2v) is 3.96. The summed E-state index contributed by atoms with van der Waals surface area (Å²) in [4.78, 5) is 4.24. The largest absolute Gasteiger partial charge is 0.508 e. The van der Waals surface area contributed by atoms with Gasteiger partial charge in [-0.1, -0.05) is 6.07 Å². The molecule has 0 aliphatic heterocycles. The van der Waals surface area contributed by atoms with Gasteiger partial charge < -0.3 is 14.6 Å². The highest BCUT2D eigenvalue weighted by atomic mass is 16.5. The molecular formula is C14H15NO3. The SMILES string of the molecule is COc1cccc(COc2cc(C)cc(O)c2)n1. The Labute approximate surface area is 106 Å². The molecule has 0 spiro atoms. The number of aromatic nitrogens is 1. The number of pyridine rings is 1. The lowest BCUT2D eigenvalue weighted by Crippen LogP contribution is -1.99. The smallest absolute Gasteiger partial charge is 0.213 e. The lowest BCUT2D eigenvalue weighted by Gasteiger charge is -2.08. The zero-order chi connectivity index (χ0) is 13.0. The van der Waals surface area contributed by atoms with Crippen LogP contribution in [0.5, 0.6) is 17.4 Å². The molecule has 18 heavy (non-hydrogen) atoms. The molecule has 2 aromatic rings. The van der Waals surface area contributed by atoms with Crippen molar-refractivity contribution in [3.05, 3.63) is 47.7 Å². The van der Waals surface area contributed by atoms with Crippen LogP contribution in [0.15, 0.2) is 36.4 Å². The summed E-state index contributed by atoms with van der Waals surface area (Å²) in [5.41, 5.74) is 1.72. The molecule has 1 aromatic heterocycles. The Morgan fingerprint density at radius 1 is 1.22 bits per heavy atom. The predicted octanol–water partition coefficient (Wildman–Crippen LogP) is 2.68. The van der Waals surface area contributed by atoms with E-state index < -0.39 is 0 Å². The molecule has 4 nitrogen and oxygen atoms in total. The highest BCUT2D eigenvalue weighted by Gasteiger charge is 2.01. The van der Waals surface area contributed by atoms with Gasteiger partial charge in [-0.3, -0.25) is 0 Å². The van der Waals surface area contributed by atoms with E-state index in [2.05, 4.69) is 4.98 Å². The molecule has 0 radical (unpaired) electrons. The average molecular weight is 245 g/mol. The monoisotopic (exact) mass is 245 g/mol. The van der Waals surface area contributed by atoms with Crippen LogP contribution < -0.4 is 9.47 Å². The van der Waals surface area contributed by atoms with E-state index in [-0.39, 0.29) is 5.75 Å². The van der Waals surface area contributed by atoms with E-state index in [1.807, 2.05) is 25.1 Å². The number of benzene rings is 1. The molecule has 0 aliphatic rings. The number of ether oxygens (including phenoxy) is 2. The first-order chi connectivity index (χ1) is 8.67. The van der Waals surface area contributed by atoms with Gasteiger partial charge in [0, 0.05) is 12.1 Å². The van der Waals surface area contributed by atoms with Crippen LogP contribution in [-0.2, 0) is 6.61 Å². The van der Waals surface area contributed by atoms with E-state index in [1.165, 1.54) is 0 Å². The summed E-state index contributed by atoms with van der Waals surface area (Å²) in [5.74, 6) is 1.38. The average Bonchev–Trinajstić information content (AvgIpc) is 2.35. The van der Waals surface area contributed by atoms with Gasteiger partial charge in [-0.15, -0.1) is 0 Å². The molecule has 0 unspecified atom stereocenters. The van der Waals surface area contributed by atoms with E-state index in [0.29, 0.717) is 18.2 Å². The quantitative estimate of drug-likeness (QED) is 0.899. The molecule has 0 aliphatic carbocycles. The zero-order valence-corrected chi connectivity index (χ0v) is 10.4. The van der Waals surface area contributed by atoms with Gasteiger partial charge in [0.1, 0.15) is 18.1 Å². The molecule has 1 N–H and O–H groups in total. The number of aryl methyl sites for hydroxylation is 1. The summed E-state index contributed by atoms with van der Waals surface area (Å²) < 4.78 is 10.6. The minimum atomic E-state index is 0.198. The van der Waals surface area contributed by atoms with Crippen molar-refractivity contribution in [2.75, 3.05) is 7.11 Å². The van der Waals surface area contributed by atoms with Gasteiger partial charge in [0.25, 0.3) is 0 Å². The molecular weight excluding hydrogens is 230 g/mol. The van der Waals surface area contributed by atoms with Crippen molar-refractivity contribution >= 4 is 0 Å². The van der Waals surface area contributed by atoms with Crippen molar-refractivity contribution in [2.45, 2.75) is 13.5 Å². The van der Waals surface area contributed by atoms with Gasteiger partial charge in [0.2, 0.25) is 5.88 Å². The Kier molecular flexibility index (Phi) is 3.67. The normalized spacial score (nSPS) is 10.1. The first-order valence-corrected chi connectivity index (χ1v) is 5.61. The summed E-state index contributed by atoms with van der Waals surface area (Å²) in [7, 11) is 1.57. The predicted molar refractivity (Wildman–Crippen MR) is 68.0 cm³/mol. The highest BCUT2D eigenvalue weighted by molar-refractivity contribution is 5.36. The van der Waals surface area contributed by atoms with Crippen LogP contribution in [-0.4, -0.2) is 17.2 Å². The molecule has 0 amide bonds. The number of phenolic OH excluding ortho intramolecular Hbond substituents is 1. The van der Waals surface area contributed by atoms with E-state index in [0.717, 1.165) is 11.3 Å². The van der Waals surface area contributed by atoms with E-state index in [1.54, 1.807) is 25.3 Å². The highest BCUT2D eigenvalue weighted by Crippen LogP contribution is 2.22. The number of methoxy groups -OCH3 is 1. The number of aromatic hydroxyl groups is 1. The van der Waals surface area contributed by atoms with Crippen molar-refractivity contribution in [2.24, 2.45) is 0 Å². The molecule has 0 fully saturated rings. The van der Waals surface area contributed by atoms with Crippen molar-refractivity contribution < 1.29 is 14.6 Å². The minimum absolute atomic E-state index is 0.198. The molecule has 4 heteroatoms. The van der Waals surface area contributed by atoms with Crippen LogP contribution in [0.4, 0.5) is 0 Å². The molecule has 0 saturated carbocycles. The number of phenols is 1. The van der Waals surface area contributed by atoms with E-state index >= 15 is 0 Å². The Hall–Kier alpha value is -2.23. The van der Waals surface area contributed by atoms with Crippen molar-refractivity contribution in [3.63, 3.8) is 0 Å². The lowest BCUT2D eigenvalue weighted by molar-refractivity contribution is 0.296. The van der Waals surface area contributed by atoms with Crippen LogP contribution in [0.3, 0.4) is 0 Å². The zero-order valence-electron chi connectivity index (χ0n) is 10.4. The lowest BCUT2D eigenvalue weighted by atomic mass is 10.2. The molecule has 0 bridgehead atoms. The van der Waals surface area contributed by atoms with Crippen LogP contribution in [0, 0.1) is 6.92 Å². The number of rotatable bonds is 4. The van der Waals surface area contributed by atoms with Gasteiger partial charge in [-0.25, -0.2) is 4.98 Å². The number of nitrogens with zero attached hydrogens (tertiary/aromatic N) is 1. The molecule has 1 aromatic carbocycles. The van der Waals surface area contributed by atoms with Crippen LogP contribution in [0.2, 0.25) is 0 Å². The van der Waals surface area contributed by atoms with Crippen molar-refractivity contribution in [3.8, 4) is 17.4 Å². The van der Waals surface area contributed by atoms with Crippen LogP contribution in [0.1, 0.15) is 11.3 Å². The summed E-state index contributed by atoms with van der Waals surface area (Å²) in [5, 5.41) is 9.46. The minimum Gasteiger partial charge on any atom is -0.508 e. The Morgan fingerprint density at radius 3 is 2.78 bits per heavy atom. The topological polar surface area (TPSA) is 51.6 Å². The fourth-order valence-corrected chi connectivity index (χ4v) is 1.62. The Bertz CT molecular complexity index is 520. The first kappa shape index (κ1) is 12.2. The standard InChI is InChI=1S/C14H15NO3/c1-10-6-12(16)8-13(7-10)18-9-11-4-3-5-14(15-11)17-2/h3-8,16H,9H2,1-2H3. The van der Waals surface area contributed by atoms with Gasteiger partial charge >= 0.3 is 0 Å². The third-order valence-electron chi connectivity index (χ3n) is 2.41. The summed E-state index contributed by atoms with van der Waals surface area (Å²) in [6, 6.07) is 10.6. The van der Waals surface area contributed by atoms with Crippen LogP contribution in [0.25, 0.3) is 0 Å². The maximum atomic E-state index is 9.46. The Balaban J connectivity index is 2.06. The van der Waals surface area contributed by atoms with Gasteiger partial charge in [0.15, 0.2) is 0 Å². The molecule has 2 rings (SSSR count). The molecule has 1 heterocycles. The molecule has 0 atom stereocenters. The van der Waals surface area contributed by atoms with E-state index in [9.17, 15) is 5.11 Å². The van der Waals surface area contributed by atoms with Gasteiger partial charge in [-0.05, 0) is 30.7 Å². The fraction of sp³-hybridized carbons (Fsp3) is 0.214. The second-order valence-electron chi connectivity index (χ2n) is 3.96. The summed E-state index contributed by atoms with van der Waals surface area (Å²) in [6.07, 6.45) is 0. The van der Waals surface area contributed by atoms with Crippen molar-refractivity contribution in [1.29, 1.82) is 0 Å². The maximum absolute atomic E-state index is 9.46. The Morgan fingerprint density at radius 2 is 2.06 bits per heavy atom. The third kappa shape index (κ3) is 3.13. The number of hydrogen-bond donors (Lipinski definition) is 1. The summed E-state index contributed by atoms with van der Waals surface area (Å²) >= 11 is 0. The third-order valence-corrected chi connectivity index (χ3v) is 2.41. The van der Waals surface area contributed by atoms with Crippen LogP contribution >= 0.6 is 0 Å². The van der Waals surface area contributed by atoms with E-state index in [4.69, 9.17) is 9.47 Å². The fourth-order valence-electron chi connectivity index (χ4n) is 1.62. The first-order valence-electron chi connectivity index (χ1n) is 5.61. The number of hydrogen-bond acceptors (Lipinski definition) is 4. The second kappa shape index (κ2) is 5.40.